The molecule has 0 aromatic carbocycles. The van der Waals surface area contributed by atoms with Gasteiger partial charge in [0, 0.05) is 18.3 Å². The van der Waals surface area contributed by atoms with E-state index in [2.05, 4.69) is 0 Å². The molecule has 0 spiro atoms. The van der Waals surface area contributed by atoms with Crippen LogP contribution in [0.5, 0.6) is 0 Å². The van der Waals surface area contributed by atoms with Crippen LogP contribution in [0.25, 0.3) is 0 Å². The lowest BCUT2D eigenvalue weighted by molar-refractivity contribution is -0.235. The van der Waals surface area contributed by atoms with Gasteiger partial charge in [0.15, 0.2) is 5.78 Å². The highest BCUT2D eigenvalue weighted by atomic mass is 16.5. The van der Waals surface area contributed by atoms with E-state index in [1.165, 1.54) is 20.8 Å². The fourth-order valence-electron chi connectivity index (χ4n) is 2.57. The summed E-state index contributed by atoms with van der Waals surface area (Å²) in [5.41, 5.74) is -2.96. The molecule has 0 aromatic rings. The fraction of sp³-hybridized carbons (Fsp3) is 0.818. The molecule has 0 amide bonds. The van der Waals surface area contributed by atoms with Crippen molar-refractivity contribution in [2.75, 3.05) is 13.2 Å². The number of carboxylic acid groups (broad SMARTS) is 1. The van der Waals surface area contributed by atoms with E-state index in [-0.39, 0.29) is 11.9 Å². The lowest BCUT2D eigenvalue weighted by Crippen LogP contribution is -2.58. The highest BCUT2D eigenvalue weighted by Gasteiger charge is 2.56. The van der Waals surface area contributed by atoms with Gasteiger partial charge in [0.2, 0.25) is 5.79 Å². The highest BCUT2D eigenvalue weighted by molar-refractivity contribution is 5.95. The molecular formula is C22H38O9. The minimum absolute atomic E-state index is 0.0255. The molecule has 2 saturated heterocycles. The van der Waals surface area contributed by atoms with E-state index in [4.69, 9.17) is 14.6 Å². The number of ketones is 1. The van der Waals surface area contributed by atoms with Crippen molar-refractivity contribution < 1.29 is 44.0 Å². The van der Waals surface area contributed by atoms with Gasteiger partial charge in [0.25, 0.3) is 0 Å². The molecule has 0 radical (unpaired) electrons. The molecule has 0 bridgehead atoms. The van der Waals surface area contributed by atoms with Crippen LogP contribution >= 0.6 is 0 Å². The van der Waals surface area contributed by atoms with Crippen molar-refractivity contribution in [3.05, 3.63) is 0 Å². The maximum absolute atomic E-state index is 11.7. The Kier molecular flexibility index (Phi) is 11.9. The van der Waals surface area contributed by atoms with Crippen LogP contribution in [0.15, 0.2) is 0 Å². The van der Waals surface area contributed by atoms with E-state index < -0.39 is 28.4 Å². The zero-order chi connectivity index (χ0) is 24.3. The van der Waals surface area contributed by atoms with Crippen molar-refractivity contribution in [1.29, 1.82) is 0 Å². The number of esters is 2. The second-order valence-electron chi connectivity index (χ2n) is 9.24. The number of carbonyl (C=O) groups is 4. The number of carbonyl (C=O) groups excluding carboxylic acids is 3. The standard InChI is InChI=1S/C10H18O5.2C6H10O2/c1-8(2,3)6(11)10(14,15)9(4,5)7(12)13;2*7-6-4-2-1-3-5-8-6/h14-15H,1-5H3,(H,12,13);2*1-5H2. The minimum atomic E-state index is -2.88. The minimum Gasteiger partial charge on any atom is -0.481 e. The van der Waals surface area contributed by atoms with Crippen LogP contribution < -0.4 is 0 Å². The van der Waals surface area contributed by atoms with Gasteiger partial charge in [-0.1, -0.05) is 20.8 Å². The van der Waals surface area contributed by atoms with Crippen LogP contribution in [0.3, 0.4) is 0 Å². The summed E-state index contributed by atoms with van der Waals surface area (Å²) in [5.74, 6) is -5.28. The lowest BCUT2D eigenvalue weighted by atomic mass is 9.73. The molecule has 180 valence electrons. The van der Waals surface area contributed by atoms with E-state index in [0.29, 0.717) is 26.1 Å². The first kappa shape index (κ1) is 29.0. The molecule has 9 heteroatoms. The maximum atomic E-state index is 11.7. The summed E-state index contributed by atoms with van der Waals surface area (Å²) in [5, 5.41) is 28.1. The number of carboxylic acids is 1. The Morgan fingerprint density at radius 1 is 0.742 bits per heavy atom. The molecule has 31 heavy (non-hydrogen) atoms. The molecule has 0 unspecified atom stereocenters. The van der Waals surface area contributed by atoms with Crippen molar-refractivity contribution in [1.82, 2.24) is 0 Å². The quantitative estimate of drug-likeness (QED) is 0.439. The molecule has 3 N–H and O–H groups in total. The average molecular weight is 447 g/mol. The number of ether oxygens (including phenoxy) is 2. The molecule has 0 atom stereocenters. The number of hydrogen-bond acceptors (Lipinski definition) is 8. The molecule has 2 aliphatic rings. The SMILES string of the molecule is CC(C)(C)C(=O)C(O)(O)C(C)(C)C(=O)O.O=C1CCCCCO1.O=C1CCCCCO1. The largest absolute Gasteiger partial charge is 0.481 e. The Morgan fingerprint density at radius 3 is 1.45 bits per heavy atom. The van der Waals surface area contributed by atoms with Gasteiger partial charge in [0.05, 0.1) is 13.2 Å². The van der Waals surface area contributed by atoms with Crippen molar-refractivity contribution in [2.45, 2.75) is 91.8 Å². The lowest BCUT2D eigenvalue weighted by Gasteiger charge is -2.37. The van der Waals surface area contributed by atoms with Crippen molar-refractivity contribution >= 4 is 23.7 Å². The topological polar surface area (TPSA) is 147 Å². The van der Waals surface area contributed by atoms with Crippen LogP contribution in [-0.2, 0) is 28.7 Å². The van der Waals surface area contributed by atoms with Gasteiger partial charge in [-0.15, -0.1) is 0 Å². The first-order chi connectivity index (χ1) is 14.1. The normalized spacial score (nSPS) is 17.9. The summed E-state index contributed by atoms with van der Waals surface area (Å²) in [4.78, 5) is 43.4. The molecule has 2 fully saturated rings. The Balaban J connectivity index is 0.000000471. The van der Waals surface area contributed by atoms with Crippen LogP contribution in [0, 0.1) is 10.8 Å². The summed E-state index contributed by atoms with van der Waals surface area (Å²) >= 11 is 0. The van der Waals surface area contributed by atoms with Crippen LogP contribution in [0.1, 0.15) is 86.0 Å². The Morgan fingerprint density at radius 2 is 1.13 bits per heavy atom. The zero-order valence-corrected chi connectivity index (χ0v) is 19.4. The van der Waals surface area contributed by atoms with E-state index in [9.17, 15) is 29.4 Å². The van der Waals surface area contributed by atoms with E-state index in [1.54, 1.807) is 0 Å². The average Bonchev–Trinajstić information content (AvgIpc) is 3.05. The van der Waals surface area contributed by atoms with Gasteiger partial charge in [-0.2, -0.15) is 0 Å². The third-order valence-corrected chi connectivity index (χ3v) is 4.98. The highest BCUT2D eigenvalue weighted by Crippen LogP contribution is 2.35. The number of Topliss-reactive ketones (excluding diaryl/α,β-unsaturated/α-hetero) is 1. The van der Waals surface area contributed by atoms with E-state index in [0.717, 1.165) is 52.4 Å². The van der Waals surface area contributed by atoms with Gasteiger partial charge in [0.1, 0.15) is 5.41 Å². The number of cyclic esters (lactones) is 2. The zero-order valence-electron chi connectivity index (χ0n) is 19.4. The van der Waals surface area contributed by atoms with Crippen LogP contribution in [0.2, 0.25) is 0 Å². The maximum Gasteiger partial charge on any atom is 0.315 e. The van der Waals surface area contributed by atoms with Crippen molar-refractivity contribution in [3.63, 3.8) is 0 Å². The summed E-state index contributed by atoms with van der Waals surface area (Å²) in [7, 11) is 0. The predicted octanol–water partition coefficient (Wildman–Crippen LogP) is 2.60. The summed E-state index contributed by atoms with van der Waals surface area (Å²) < 4.78 is 9.53. The van der Waals surface area contributed by atoms with Gasteiger partial charge >= 0.3 is 17.9 Å². The third kappa shape index (κ3) is 10.2. The molecule has 0 aliphatic carbocycles. The second kappa shape index (κ2) is 12.8. The Hall–Kier alpha value is -2.00. The molecule has 0 aromatic heterocycles. The predicted molar refractivity (Wildman–Crippen MR) is 112 cm³/mol. The molecule has 2 heterocycles. The Bertz CT molecular complexity index is 571. The van der Waals surface area contributed by atoms with Crippen LogP contribution in [0.4, 0.5) is 0 Å². The second-order valence-corrected chi connectivity index (χ2v) is 9.24. The fourth-order valence-corrected chi connectivity index (χ4v) is 2.57. The van der Waals surface area contributed by atoms with Gasteiger partial charge in [-0.25, -0.2) is 0 Å². The van der Waals surface area contributed by atoms with Crippen molar-refractivity contribution in [2.24, 2.45) is 10.8 Å². The van der Waals surface area contributed by atoms with Crippen LogP contribution in [-0.4, -0.2) is 58.0 Å². The van der Waals surface area contributed by atoms with E-state index in [1.807, 2.05) is 0 Å². The monoisotopic (exact) mass is 446 g/mol. The molecule has 2 aliphatic heterocycles. The van der Waals surface area contributed by atoms with Gasteiger partial charge in [-0.3, -0.25) is 19.2 Å². The molecule has 9 nitrogen and oxygen atoms in total. The number of aliphatic carboxylic acids is 1. The number of hydrogen-bond donors (Lipinski definition) is 3. The summed E-state index contributed by atoms with van der Waals surface area (Å²) in [6.07, 6.45) is 7.66. The summed E-state index contributed by atoms with van der Waals surface area (Å²) in [6.45, 7) is 7.95. The molecule has 2 rings (SSSR count). The van der Waals surface area contributed by atoms with E-state index >= 15 is 0 Å². The van der Waals surface area contributed by atoms with Crippen molar-refractivity contribution in [3.8, 4) is 0 Å². The number of rotatable bonds is 3. The Labute approximate surface area is 184 Å². The first-order valence-corrected chi connectivity index (χ1v) is 10.7. The smallest absolute Gasteiger partial charge is 0.315 e. The first-order valence-electron chi connectivity index (χ1n) is 10.7. The molecule has 0 saturated carbocycles. The van der Waals surface area contributed by atoms with Gasteiger partial charge in [-0.05, 0) is 52.4 Å². The molecular weight excluding hydrogens is 408 g/mol. The number of aliphatic hydroxyl groups is 2. The van der Waals surface area contributed by atoms with Gasteiger partial charge < -0.3 is 24.8 Å². The third-order valence-electron chi connectivity index (χ3n) is 4.98. The summed E-state index contributed by atoms with van der Waals surface area (Å²) in [6, 6.07) is 0.